The molecule has 0 aliphatic rings. The Bertz CT molecular complexity index is 525. The van der Waals surface area contributed by atoms with Gasteiger partial charge in [-0.25, -0.2) is 9.50 Å². The molecule has 0 aromatic carbocycles. The van der Waals surface area contributed by atoms with Crippen LogP contribution in [0.3, 0.4) is 0 Å². The number of imidazole rings is 1. The summed E-state index contributed by atoms with van der Waals surface area (Å²) in [4.78, 5) is 4.51. The molecule has 0 atom stereocenters. The average molecular weight is 232 g/mol. The summed E-state index contributed by atoms with van der Waals surface area (Å²) in [6.07, 6.45) is 1.93. The minimum Gasteiger partial charge on any atom is -0.372 e. The van der Waals surface area contributed by atoms with Crippen LogP contribution in [0.25, 0.3) is 5.65 Å². The van der Waals surface area contributed by atoms with Crippen LogP contribution in [-0.2, 0) is 0 Å². The van der Waals surface area contributed by atoms with E-state index in [1.165, 1.54) is 5.56 Å². The number of hydrogen-bond acceptors (Lipinski definition) is 3. The van der Waals surface area contributed by atoms with E-state index in [9.17, 15) is 0 Å². The molecule has 1 N–H and O–H groups in total. The third-order valence-electron chi connectivity index (χ3n) is 2.99. The van der Waals surface area contributed by atoms with Crippen LogP contribution >= 0.6 is 0 Å². The normalized spacial score (nSPS) is 11.7. The Morgan fingerprint density at radius 3 is 2.41 bits per heavy atom. The molecule has 0 radical (unpaired) electrons. The maximum atomic E-state index is 4.56. The molecule has 0 saturated carbocycles. The van der Waals surface area contributed by atoms with Gasteiger partial charge < -0.3 is 5.32 Å². The van der Waals surface area contributed by atoms with Crippen LogP contribution in [0.15, 0.2) is 12.3 Å². The van der Waals surface area contributed by atoms with E-state index in [4.69, 9.17) is 0 Å². The lowest BCUT2D eigenvalue weighted by Gasteiger charge is -2.11. The quantitative estimate of drug-likeness (QED) is 0.884. The molecule has 2 heterocycles. The molecule has 17 heavy (non-hydrogen) atoms. The lowest BCUT2D eigenvalue weighted by Crippen LogP contribution is -2.06. The fourth-order valence-electron chi connectivity index (χ4n) is 1.95. The van der Waals surface area contributed by atoms with Crippen molar-refractivity contribution in [3.63, 3.8) is 0 Å². The van der Waals surface area contributed by atoms with Gasteiger partial charge in [-0.3, -0.25) is 0 Å². The first-order valence-electron chi connectivity index (χ1n) is 6.11. The number of rotatable bonds is 3. The molecule has 0 unspecified atom stereocenters. The van der Waals surface area contributed by atoms with Gasteiger partial charge >= 0.3 is 0 Å². The van der Waals surface area contributed by atoms with E-state index < -0.39 is 0 Å². The third-order valence-corrected chi connectivity index (χ3v) is 2.99. The first kappa shape index (κ1) is 11.9. The van der Waals surface area contributed by atoms with E-state index >= 15 is 0 Å². The smallest absolute Gasteiger partial charge is 0.157 e. The minimum atomic E-state index is 0.421. The Kier molecular flexibility index (Phi) is 3.05. The molecule has 0 bridgehead atoms. The van der Waals surface area contributed by atoms with Crippen molar-refractivity contribution in [1.29, 1.82) is 0 Å². The SMILES string of the molecule is CNc1cc(C(C)C)c2ncc(C(C)C)n2n1. The maximum absolute atomic E-state index is 4.56. The summed E-state index contributed by atoms with van der Waals surface area (Å²) in [6.45, 7) is 8.68. The Balaban J connectivity index is 2.74. The number of fused-ring (bicyclic) bond motifs is 1. The van der Waals surface area contributed by atoms with Crippen molar-refractivity contribution in [3.8, 4) is 0 Å². The molecular weight excluding hydrogens is 212 g/mol. The Hall–Kier alpha value is -1.58. The number of aromatic nitrogens is 3. The van der Waals surface area contributed by atoms with Gasteiger partial charge in [0.05, 0.1) is 11.9 Å². The highest BCUT2D eigenvalue weighted by molar-refractivity contribution is 5.55. The van der Waals surface area contributed by atoms with Gasteiger partial charge in [-0.05, 0) is 17.9 Å². The second kappa shape index (κ2) is 4.35. The van der Waals surface area contributed by atoms with E-state index in [1.54, 1.807) is 0 Å². The second-order valence-corrected chi connectivity index (χ2v) is 4.96. The van der Waals surface area contributed by atoms with E-state index in [0.717, 1.165) is 17.2 Å². The average Bonchev–Trinajstić information content (AvgIpc) is 2.70. The van der Waals surface area contributed by atoms with E-state index in [2.05, 4.69) is 49.2 Å². The van der Waals surface area contributed by atoms with Gasteiger partial charge in [0.2, 0.25) is 0 Å². The summed E-state index contributed by atoms with van der Waals surface area (Å²) >= 11 is 0. The molecule has 0 fully saturated rings. The number of nitrogens with one attached hydrogen (secondary N) is 1. The predicted molar refractivity (Wildman–Crippen MR) is 70.7 cm³/mol. The minimum absolute atomic E-state index is 0.421. The standard InChI is InChI=1S/C13H20N4/c1-8(2)10-6-12(14-5)16-17-11(9(3)4)7-15-13(10)17/h6-9H,1-5H3,(H,14,16). The van der Waals surface area contributed by atoms with Gasteiger partial charge in [0.25, 0.3) is 0 Å². The van der Waals surface area contributed by atoms with Crippen LogP contribution in [-0.4, -0.2) is 21.6 Å². The molecule has 0 aliphatic heterocycles. The number of nitrogens with zero attached hydrogens (tertiary/aromatic N) is 3. The number of anilines is 1. The number of hydrogen-bond donors (Lipinski definition) is 1. The van der Waals surface area contributed by atoms with Crippen molar-refractivity contribution >= 4 is 11.5 Å². The highest BCUT2D eigenvalue weighted by Crippen LogP contribution is 2.24. The summed E-state index contributed by atoms with van der Waals surface area (Å²) < 4.78 is 1.96. The van der Waals surface area contributed by atoms with Crippen molar-refractivity contribution in [1.82, 2.24) is 14.6 Å². The van der Waals surface area contributed by atoms with Gasteiger partial charge in [-0.2, -0.15) is 0 Å². The second-order valence-electron chi connectivity index (χ2n) is 4.96. The lowest BCUT2D eigenvalue weighted by atomic mass is 10.1. The van der Waals surface area contributed by atoms with Crippen LogP contribution in [0, 0.1) is 0 Å². The Labute approximate surface area is 102 Å². The summed E-state index contributed by atoms with van der Waals surface area (Å²) in [6, 6.07) is 2.08. The zero-order chi connectivity index (χ0) is 12.6. The fraction of sp³-hybridized carbons (Fsp3) is 0.538. The molecule has 2 rings (SSSR count). The van der Waals surface area contributed by atoms with Crippen LogP contribution in [0.5, 0.6) is 0 Å². The van der Waals surface area contributed by atoms with Crippen molar-refractivity contribution in [2.24, 2.45) is 0 Å². The zero-order valence-electron chi connectivity index (χ0n) is 11.2. The summed E-state index contributed by atoms with van der Waals surface area (Å²) in [7, 11) is 1.89. The molecule has 2 aromatic heterocycles. The molecule has 0 amide bonds. The van der Waals surface area contributed by atoms with Gasteiger partial charge in [0, 0.05) is 12.6 Å². The van der Waals surface area contributed by atoms with Gasteiger partial charge in [0.15, 0.2) is 5.65 Å². The van der Waals surface area contributed by atoms with Crippen molar-refractivity contribution in [2.75, 3.05) is 12.4 Å². The predicted octanol–water partition coefficient (Wildman–Crippen LogP) is 3.02. The molecule has 0 saturated heterocycles. The summed E-state index contributed by atoms with van der Waals surface area (Å²) in [5.41, 5.74) is 3.36. The van der Waals surface area contributed by atoms with E-state index in [-0.39, 0.29) is 0 Å². The molecule has 0 aliphatic carbocycles. The van der Waals surface area contributed by atoms with E-state index in [0.29, 0.717) is 11.8 Å². The highest BCUT2D eigenvalue weighted by atomic mass is 15.3. The fourth-order valence-corrected chi connectivity index (χ4v) is 1.95. The molecule has 0 spiro atoms. The van der Waals surface area contributed by atoms with Gasteiger partial charge in [-0.1, -0.05) is 27.7 Å². The molecule has 4 nitrogen and oxygen atoms in total. The van der Waals surface area contributed by atoms with Gasteiger partial charge in [-0.15, -0.1) is 5.10 Å². The van der Waals surface area contributed by atoms with Crippen LogP contribution < -0.4 is 5.32 Å². The molecule has 2 aromatic rings. The molecular formula is C13H20N4. The van der Waals surface area contributed by atoms with E-state index in [1.807, 2.05) is 17.8 Å². The first-order chi connectivity index (χ1) is 8.04. The van der Waals surface area contributed by atoms with Crippen LogP contribution in [0.2, 0.25) is 0 Å². The third kappa shape index (κ3) is 1.99. The zero-order valence-corrected chi connectivity index (χ0v) is 11.2. The largest absolute Gasteiger partial charge is 0.372 e. The van der Waals surface area contributed by atoms with Crippen LogP contribution in [0.4, 0.5) is 5.82 Å². The lowest BCUT2D eigenvalue weighted by molar-refractivity contribution is 0.751. The van der Waals surface area contributed by atoms with Crippen molar-refractivity contribution in [3.05, 3.63) is 23.5 Å². The Morgan fingerprint density at radius 1 is 1.18 bits per heavy atom. The maximum Gasteiger partial charge on any atom is 0.157 e. The van der Waals surface area contributed by atoms with Crippen molar-refractivity contribution in [2.45, 2.75) is 39.5 Å². The summed E-state index contributed by atoms with van der Waals surface area (Å²) in [5.74, 6) is 1.75. The molecule has 4 heteroatoms. The molecule has 92 valence electrons. The first-order valence-corrected chi connectivity index (χ1v) is 6.11. The monoisotopic (exact) mass is 232 g/mol. The van der Waals surface area contributed by atoms with Gasteiger partial charge in [0.1, 0.15) is 5.82 Å². The van der Waals surface area contributed by atoms with Crippen molar-refractivity contribution < 1.29 is 0 Å². The topological polar surface area (TPSA) is 42.2 Å². The Morgan fingerprint density at radius 2 is 1.88 bits per heavy atom. The highest BCUT2D eigenvalue weighted by Gasteiger charge is 2.14. The summed E-state index contributed by atoms with van der Waals surface area (Å²) in [5, 5.41) is 7.67. The van der Waals surface area contributed by atoms with Crippen LogP contribution in [0.1, 0.15) is 50.8 Å².